The fourth-order valence-electron chi connectivity index (χ4n) is 2.45. The van der Waals surface area contributed by atoms with Gasteiger partial charge in [-0.2, -0.15) is 0 Å². The summed E-state index contributed by atoms with van der Waals surface area (Å²) in [6, 6.07) is 10.1. The van der Waals surface area contributed by atoms with Crippen molar-refractivity contribution < 1.29 is 4.42 Å². The molecule has 1 atom stereocenters. The first-order valence-corrected chi connectivity index (χ1v) is 7.76. The Labute approximate surface area is 128 Å². The molecule has 2 heterocycles. The second-order valence-corrected chi connectivity index (χ2v) is 6.93. The molecule has 0 saturated heterocycles. The topological polar surface area (TPSA) is 51.0 Å². The van der Waals surface area contributed by atoms with Crippen LogP contribution in [0.25, 0.3) is 11.0 Å². The lowest BCUT2D eigenvalue weighted by Gasteiger charge is -2.20. The number of furan rings is 1. The molecule has 21 heavy (non-hydrogen) atoms. The number of nitrogens with zero attached hydrogens (tertiary/aromatic N) is 2. The predicted molar refractivity (Wildman–Crippen MR) is 85.7 cm³/mol. The lowest BCUT2D eigenvalue weighted by atomic mass is 9.89. The van der Waals surface area contributed by atoms with E-state index in [1.807, 2.05) is 25.2 Å². The Morgan fingerprint density at radius 3 is 2.67 bits per heavy atom. The number of aromatic nitrogens is 2. The van der Waals surface area contributed by atoms with Gasteiger partial charge in [0.25, 0.3) is 0 Å². The van der Waals surface area contributed by atoms with Crippen LogP contribution in [0.2, 0.25) is 0 Å². The molecular weight excluding hydrogens is 282 g/mol. The van der Waals surface area contributed by atoms with Crippen molar-refractivity contribution in [2.24, 2.45) is 0 Å². The van der Waals surface area contributed by atoms with Crippen LogP contribution in [0.1, 0.15) is 43.1 Å². The maximum atomic E-state index is 6.00. The van der Waals surface area contributed by atoms with Crippen molar-refractivity contribution in [1.82, 2.24) is 14.9 Å². The fourth-order valence-corrected chi connectivity index (χ4v) is 3.44. The highest BCUT2D eigenvalue weighted by Crippen LogP contribution is 2.35. The van der Waals surface area contributed by atoms with Crippen molar-refractivity contribution >= 4 is 22.5 Å². The largest absolute Gasteiger partial charge is 0.459 e. The number of para-hydroxylation sites is 1. The minimum Gasteiger partial charge on any atom is -0.459 e. The average Bonchev–Trinajstić information content (AvgIpc) is 3.05. The summed E-state index contributed by atoms with van der Waals surface area (Å²) in [6.45, 7) is 6.45. The van der Waals surface area contributed by atoms with Gasteiger partial charge in [-0.1, -0.05) is 43.5 Å². The first-order chi connectivity index (χ1) is 10.0. The minimum absolute atomic E-state index is 0.0216. The van der Waals surface area contributed by atoms with Gasteiger partial charge in [-0.15, -0.1) is 5.10 Å². The highest BCUT2D eigenvalue weighted by molar-refractivity contribution is 7.05. The second-order valence-electron chi connectivity index (χ2n) is 6.14. The van der Waals surface area contributed by atoms with E-state index in [0.717, 1.165) is 27.3 Å². The molecule has 0 bridgehead atoms. The summed E-state index contributed by atoms with van der Waals surface area (Å²) in [5.74, 6) is 0.898. The molecule has 5 heteroatoms. The Morgan fingerprint density at radius 1 is 1.24 bits per heavy atom. The van der Waals surface area contributed by atoms with Crippen LogP contribution in [0, 0.1) is 0 Å². The number of hydrogen-bond donors (Lipinski definition) is 1. The Hall–Kier alpha value is -1.72. The molecular formula is C16H19N3OS. The van der Waals surface area contributed by atoms with E-state index < -0.39 is 0 Å². The maximum Gasteiger partial charge on any atom is 0.134 e. The van der Waals surface area contributed by atoms with Gasteiger partial charge in [-0.25, -0.2) is 0 Å². The van der Waals surface area contributed by atoms with Crippen LogP contribution in [-0.2, 0) is 5.41 Å². The molecule has 0 aliphatic rings. The molecule has 0 radical (unpaired) electrons. The zero-order chi connectivity index (χ0) is 15.0. The first-order valence-electron chi connectivity index (χ1n) is 6.99. The van der Waals surface area contributed by atoms with Gasteiger partial charge >= 0.3 is 0 Å². The molecule has 0 saturated carbocycles. The van der Waals surface area contributed by atoms with Crippen LogP contribution in [0.4, 0.5) is 0 Å². The molecule has 0 amide bonds. The van der Waals surface area contributed by atoms with Crippen molar-refractivity contribution in [3.8, 4) is 0 Å². The van der Waals surface area contributed by atoms with E-state index in [0.29, 0.717) is 0 Å². The zero-order valence-corrected chi connectivity index (χ0v) is 13.5. The van der Waals surface area contributed by atoms with Gasteiger partial charge in [0, 0.05) is 10.8 Å². The van der Waals surface area contributed by atoms with E-state index in [4.69, 9.17) is 4.42 Å². The summed E-state index contributed by atoms with van der Waals surface area (Å²) in [7, 11) is 1.93. The summed E-state index contributed by atoms with van der Waals surface area (Å²) < 4.78 is 10.1. The molecule has 3 aromatic rings. The van der Waals surface area contributed by atoms with E-state index in [2.05, 4.69) is 47.8 Å². The molecule has 1 N–H and O–H groups in total. The molecule has 0 fully saturated rings. The van der Waals surface area contributed by atoms with E-state index in [1.54, 1.807) is 0 Å². The van der Waals surface area contributed by atoms with Gasteiger partial charge in [0.15, 0.2) is 0 Å². The monoisotopic (exact) mass is 301 g/mol. The van der Waals surface area contributed by atoms with E-state index in [-0.39, 0.29) is 11.5 Å². The number of nitrogens with one attached hydrogen (secondary N) is 1. The van der Waals surface area contributed by atoms with Crippen LogP contribution in [0.15, 0.2) is 34.7 Å². The molecule has 4 nitrogen and oxygen atoms in total. The molecule has 0 aliphatic carbocycles. The number of fused-ring (bicyclic) bond motifs is 1. The quantitative estimate of drug-likeness (QED) is 0.797. The normalized spacial score (nSPS) is 13.7. The van der Waals surface area contributed by atoms with Crippen LogP contribution in [0.5, 0.6) is 0 Å². The summed E-state index contributed by atoms with van der Waals surface area (Å²) in [6.07, 6.45) is 0. The molecule has 3 rings (SSSR count). The summed E-state index contributed by atoms with van der Waals surface area (Å²) >= 11 is 1.43. The Kier molecular flexibility index (Phi) is 3.55. The second kappa shape index (κ2) is 5.24. The van der Waals surface area contributed by atoms with Gasteiger partial charge in [-0.05, 0) is 30.7 Å². The van der Waals surface area contributed by atoms with Crippen molar-refractivity contribution in [3.05, 3.63) is 46.7 Å². The van der Waals surface area contributed by atoms with Crippen LogP contribution < -0.4 is 5.32 Å². The van der Waals surface area contributed by atoms with E-state index >= 15 is 0 Å². The van der Waals surface area contributed by atoms with Gasteiger partial charge in [0.05, 0.1) is 10.6 Å². The van der Waals surface area contributed by atoms with Crippen molar-refractivity contribution in [2.75, 3.05) is 7.05 Å². The molecule has 0 spiro atoms. The SMILES string of the molecule is CNC(c1cc2ccccc2o1)c1snnc1C(C)(C)C. The van der Waals surface area contributed by atoms with Crippen LogP contribution >= 0.6 is 11.5 Å². The van der Waals surface area contributed by atoms with Crippen molar-refractivity contribution in [3.63, 3.8) is 0 Å². The lowest BCUT2D eigenvalue weighted by molar-refractivity contribution is 0.483. The number of rotatable bonds is 3. The summed E-state index contributed by atoms with van der Waals surface area (Å²) in [5.41, 5.74) is 1.89. The maximum absolute atomic E-state index is 6.00. The fraction of sp³-hybridized carbons (Fsp3) is 0.375. The van der Waals surface area contributed by atoms with Gasteiger partial charge < -0.3 is 9.73 Å². The summed E-state index contributed by atoms with van der Waals surface area (Å²) in [4.78, 5) is 1.11. The highest BCUT2D eigenvalue weighted by atomic mass is 32.1. The molecule has 0 aliphatic heterocycles. The van der Waals surface area contributed by atoms with Gasteiger partial charge in [0.2, 0.25) is 0 Å². The third-order valence-corrected chi connectivity index (χ3v) is 4.29. The van der Waals surface area contributed by atoms with Crippen LogP contribution in [0.3, 0.4) is 0 Å². The number of benzene rings is 1. The van der Waals surface area contributed by atoms with Gasteiger partial charge in [-0.3, -0.25) is 0 Å². The highest BCUT2D eigenvalue weighted by Gasteiger charge is 2.29. The lowest BCUT2D eigenvalue weighted by Crippen LogP contribution is -2.22. The van der Waals surface area contributed by atoms with Gasteiger partial charge in [0.1, 0.15) is 17.4 Å². The molecule has 110 valence electrons. The molecule has 1 unspecified atom stereocenters. The van der Waals surface area contributed by atoms with Crippen molar-refractivity contribution in [2.45, 2.75) is 32.2 Å². The molecule has 1 aromatic carbocycles. The first kappa shape index (κ1) is 14.2. The Bertz CT molecular complexity index is 721. The summed E-state index contributed by atoms with van der Waals surface area (Å²) in [5, 5.41) is 8.77. The molecule has 2 aromatic heterocycles. The zero-order valence-electron chi connectivity index (χ0n) is 12.7. The predicted octanol–water partition coefficient (Wildman–Crippen LogP) is 3.89. The van der Waals surface area contributed by atoms with E-state index in [1.165, 1.54) is 11.5 Å². The Morgan fingerprint density at radius 2 is 2.00 bits per heavy atom. The third-order valence-electron chi connectivity index (χ3n) is 3.50. The average molecular weight is 301 g/mol. The van der Waals surface area contributed by atoms with E-state index in [9.17, 15) is 0 Å². The third kappa shape index (κ3) is 2.59. The minimum atomic E-state index is -0.0382. The smallest absolute Gasteiger partial charge is 0.134 e. The number of hydrogen-bond acceptors (Lipinski definition) is 5. The standard InChI is InChI=1S/C16H19N3OS/c1-16(2,3)15-14(21-19-18-15)13(17-4)12-9-10-7-5-6-8-11(10)20-12/h5-9,13,17H,1-4H3. The Balaban J connectivity index is 2.08. The van der Waals surface area contributed by atoms with Crippen molar-refractivity contribution in [1.29, 1.82) is 0 Å². The van der Waals surface area contributed by atoms with Crippen LogP contribution in [-0.4, -0.2) is 16.6 Å².